The summed E-state index contributed by atoms with van der Waals surface area (Å²) in [5.41, 5.74) is 6.31. The fourth-order valence-corrected chi connectivity index (χ4v) is 1.71. The van der Waals surface area contributed by atoms with Gasteiger partial charge in [0, 0.05) is 19.0 Å². The molecule has 1 rings (SSSR count). The molecular weight excluding hydrogens is 260 g/mol. The Morgan fingerprint density at radius 2 is 1.75 bits per heavy atom. The van der Waals surface area contributed by atoms with E-state index < -0.39 is 0 Å². The Balaban J connectivity index is 2.88. The van der Waals surface area contributed by atoms with E-state index in [4.69, 9.17) is 19.9 Å². The predicted octanol–water partition coefficient (Wildman–Crippen LogP) is 0.923. The molecule has 1 atom stereocenters. The molecule has 0 aliphatic rings. The van der Waals surface area contributed by atoms with Crippen LogP contribution in [-0.2, 0) is 11.3 Å². The zero-order chi connectivity index (χ0) is 15.1. The molecule has 0 aliphatic heterocycles. The van der Waals surface area contributed by atoms with Crippen LogP contribution >= 0.6 is 0 Å². The van der Waals surface area contributed by atoms with E-state index in [1.54, 1.807) is 40.4 Å². The van der Waals surface area contributed by atoms with E-state index in [0.29, 0.717) is 30.3 Å². The molecule has 3 N–H and O–H groups in total. The Bertz CT molecular complexity index is 437. The highest BCUT2D eigenvalue weighted by Gasteiger charge is 2.14. The number of carbonyl (C=O) groups excluding carboxylic acids is 1. The van der Waals surface area contributed by atoms with Gasteiger partial charge in [0.1, 0.15) is 0 Å². The molecule has 112 valence electrons. The molecule has 6 heteroatoms. The molecule has 0 radical (unpaired) electrons. The number of benzene rings is 1. The van der Waals surface area contributed by atoms with E-state index in [2.05, 4.69) is 5.32 Å². The molecule has 1 aromatic rings. The first-order chi connectivity index (χ1) is 9.57. The van der Waals surface area contributed by atoms with E-state index in [9.17, 15) is 4.79 Å². The number of rotatable bonds is 7. The zero-order valence-electron chi connectivity index (χ0n) is 12.4. The van der Waals surface area contributed by atoms with Gasteiger partial charge in [-0.25, -0.2) is 0 Å². The van der Waals surface area contributed by atoms with Crippen molar-refractivity contribution in [2.45, 2.75) is 13.5 Å². The maximum absolute atomic E-state index is 11.7. The number of amides is 1. The van der Waals surface area contributed by atoms with E-state index in [1.165, 1.54) is 0 Å². The van der Waals surface area contributed by atoms with Gasteiger partial charge in [-0.1, -0.05) is 6.92 Å². The Labute approximate surface area is 119 Å². The molecule has 0 fully saturated rings. The monoisotopic (exact) mass is 282 g/mol. The summed E-state index contributed by atoms with van der Waals surface area (Å²) < 4.78 is 15.8. The second-order valence-electron chi connectivity index (χ2n) is 4.39. The summed E-state index contributed by atoms with van der Waals surface area (Å²) in [6, 6.07) is 3.60. The van der Waals surface area contributed by atoms with Gasteiger partial charge in [0.05, 0.1) is 21.3 Å². The van der Waals surface area contributed by atoms with Crippen LogP contribution in [0.3, 0.4) is 0 Å². The topological polar surface area (TPSA) is 82.8 Å². The lowest BCUT2D eigenvalue weighted by Gasteiger charge is -2.15. The van der Waals surface area contributed by atoms with E-state index in [0.717, 1.165) is 5.56 Å². The van der Waals surface area contributed by atoms with Gasteiger partial charge in [-0.2, -0.15) is 0 Å². The maximum Gasteiger partial charge on any atom is 0.224 e. The number of ether oxygens (including phenoxy) is 3. The van der Waals surface area contributed by atoms with E-state index >= 15 is 0 Å². The molecule has 0 spiro atoms. The van der Waals surface area contributed by atoms with Crippen LogP contribution in [0.1, 0.15) is 12.5 Å². The Morgan fingerprint density at radius 1 is 1.20 bits per heavy atom. The molecule has 0 heterocycles. The number of carbonyl (C=O) groups is 1. The average molecular weight is 282 g/mol. The van der Waals surface area contributed by atoms with Crippen molar-refractivity contribution in [2.24, 2.45) is 11.7 Å². The van der Waals surface area contributed by atoms with Crippen molar-refractivity contribution in [3.8, 4) is 17.2 Å². The van der Waals surface area contributed by atoms with Crippen LogP contribution in [0, 0.1) is 5.92 Å². The first kappa shape index (κ1) is 16.1. The third-order valence-electron chi connectivity index (χ3n) is 2.99. The van der Waals surface area contributed by atoms with Crippen molar-refractivity contribution < 1.29 is 19.0 Å². The minimum atomic E-state index is -0.211. The molecule has 0 aliphatic carbocycles. The number of nitrogens with one attached hydrogen (secondary N) is 1. The summed E-state index contributed by atoms with van der Waals surface area (Å²) in [6.45, 7) is 2.48. The van der Waals surface area contributed by atoms with Crippen LogP contribution in [0.4, 0.5) is 0 Å². The molecule has 0 saturated heterocycles. The number of hydrogen-bond acceptors (Lipinski definition) is 5. The van der Waals surface area contributed by atoms with Crippen LogP contribution in [0.2, 0.25) is 0 Å². The second-order valence-corrected chi connectivity index (χ2v) is 4.39. The fraction of sp³-hybridized carbons (Fsp3) is 0.500. The zero-order valence-corrected chi connectivity index (χ0v) is 12.4. The van der Waals surface area contributed by atoms with Crippen molar-refractivity contribution in [1.82, 2.24) is 5.32 Å². The lowest BCUT2D eigenvalue weighted by Crippen LogP contribution is -2.32. The van der Waals surface area contributed by atoms with Gasteiger partial charge in [0.2, 0.25) is 11.7 Å². The quantitative estimate of drug-likeness (QED) is 0.777. The molecule has 6 nitrogen and oxygen atoms in total. The summed E-state index contributed by atoms with van der Waals surface area (Å²) in [7, 11) is 4.65. The number of hydrogen-bond donors (Lipinski definition) is 2. The first-order valence-corrected chi connectivity index (χ1v) is 6.34. The molecule has 0 saturated carbocycles. The minimum Gasteiger partial charge on any atom is -0.493 e. The lowest BCUT2D eigenvalue weighted by atomic mass is 10.1. The third-order valence-corrected chi connectivity index (χ3v) is 2.99. The summed E-state index contributed by atoms with van der Waals surface area (Å²) in [6.07, 6.45) is 0. The first-order valence-electron chi connectivity index (χ1n) is 6.34. The number of nitrogens with two attached hydrogens (primary N) is 1. The van der Waals surface area contributed by atoms with Crippen molar-refractivity contribution in [3.05, 3.63) is 17.7 Å². The van der Waals surface area contributed by atoms with E-state index in [1.807, 2.05) is 0 Å². The summed E-state index contributed by atoms with van der Waals surface area (Å²) in [5.74, 6) is 1.35. The molecular formula is C14H22N2O4. The highest BCUT2D eigenvalue weighted by molar-refractivity contribution is 5.78. The van der Waals surface area contributed by atoms with Gasteiger partial charge < -0.3 is 25.3 Å². The molecule has 1 aromatic carbocycles. The summed E-state index contributed by atoms with van der Waals surface area (Å²) in [4.78, 5) is 11.7. The largest absolute Gasteiger partial charge is 0.493 e. The van der Waals surface area contributed by atoms with Crippen molar-refractivity contribution in [2.75, 3.05) is 27.9 Å². The highest BCUT2D eigenvalue weighted by atomic mass is 16.5. The SMILES string of the molecule is COc1cc(CNC(=O)C(C)CN)cc(OC)c1OC. The molecule has 1 amide bonds. The normalized spacial score (nSPS) is 11.7. The minimum absolute atomic E-state index is 0.0822. The van der Waals surface area contributed by atoms with Gasteiger partial charge >= 0.3 is 0 Å². The molecule has 20 heavy (non-hydrogen) atoms. The van der Waals surface area contributed by atoms with Gasteiger partial charge in [-0.05, 0) is 17.7 Å². The molecule has 1 unspecified atom stereocenters. The van der Waals surface area contributed by atoms with Crippen molar-refractivity contribution >= 4 is 5.91 Å². The standard InChI is InChI=1S/C14H22N2O4/c1-9(7-15)14(17)16-8-10-5-11(18-2)13(20-4)12(6-10)19-3/h5-6,9H,7-8,15H2,1-4H3,(H,16,17). The molecule has 0 aromatic heterocycles. The van der Waals surface area contributed by atoms with Crippen LogP contribution in [-0.4, -0.2) is 33.8 Å². The van der Waals surface area contributed by atoms with Crippen LogP contribution < -0.4 is 25.3 Å². The Hall–Kier alpha value is -1.95. The highest BCUT2D eigenvalue weighted by Crippen LogP contribution is 2.38. The third kappa shape index (κ3) is 3.77. The molecule has 0 bridgehead atoms. The summed E-state index contributed by atoms with van der Waals surface area (Å²) >= 11 is 0. The van der Waals surface area contributed by atoms with Crippen LogP contribution in [0.15, 0.2) is 12.1 Å². The Kier molecular flexibility index (Phi) is 6.11. The second kappa shape index (κ2) is 7.59. The van der Waals surface area contributed by atoms with Crippen molar-refractivity contribution in [1.29, 1.82) is 0 Å². The van der Waals surface area contributed by atoms with Gasteiger partial charge in [-0.3, -0.25) is 4.79 Å². The fourth-order valence-electron chi connectivity index (χ4n) is 1.71. The van der Waals surface area contributed by atoms with Crippen molar-refractivity contribution in [3.63, 3.8) is 0 Å². The van der Waals surface area contributed by atoms with Gasteiger partial charge in [0.15, 0.2) is 11.5 Å². The number of methoxy groups -OCH3 is 3. The summed E-state index contributed by atoms with van der Waals surface area (Å²) in [5, 5.41) is 2.82. The van der Waals surface area contributed by atoms with Gasteiger partial charge in [0.25, 0.3) is 0 Å². The van der Waals surface area contributed by atoms with E-state index in [-0.39, 0.29) is 11.8 Å². The smallest absolute Gasteiger partial charge is 0.224 e. The maximum atomic E-state index is 11.7. The lowest BCUT2D eigenvalue weighted by molar-refractivity contribution is -0.124. The Morgan fingerprint density at radius 3 is 2.15 bits per heavy atom. The van der Waals surface area contributed by atoms with Crippen LogP contribution in [0.25, 0.3) is 0 Å². The average Bonchev–Trinajstić information content (AvgIpc) is 2.50. The van der Waals surface area contributed by atoms with Crippen LogP contribution in [0.5, 0.6) is 17.2 Å². The predicted molar refractivity (Wildman–Crippen MR) is 76.2 cm³/mol. The van der Waals surface area contributed by atoms with Gasteiger partial charge in [-0.15, -0.1) is 0 Å².